The smallest absolute Gasteiger partial charge is 0.320 e. The number of carbonyl (C=O) groups excluding carboxylic acids is 1. The van der Waals surface area contributed by atoms with Gasteiger partial charge >= 0.3 is 6.55 Å². The second-order valence-electron chi connectivity index (χ2n) is 7.26. The summed E-state index contributed by atoms with van der Waals surface area (Å²) in [6.45, 7) is -1.59. The summed E-state index contributed by atoms with van der Waals surface area (Å²) in [4.78, 5) is 16.4. The first kappa shape index (κ1) is 23.1. The Morgan fingerprint density at radius 2 is 2.06 bits per heavy atom. The van der Waals surface area contributed by atoms with Crippen molar-refractivity contribution in [2.45, 2.75) is 31.2 Å². The minimum atomic E-state index is -4.25. The molecular weight excluding hydrogens is 483 g/mol. The van der Waals surface area contributed by atoms with E-state index < -0.39 is 28.3 Å². The quantitative estimate of drug-likeness (QED) is 0.568. The van der Waals surface area contributed by atoms with Crippen LogP contribution in [0.1, 0.15) is 34.7 Å². The van der Waals surface area contributed by atoms with Crippen LogP contribution in [0.25, 0.3) is 0 Å². The number of sulfonamides is 1. The van der Waals surface area contributed by atoms with Crippen LogP contribution in [-0.2, 0) is 16.4 Å². The van der Waals surface area contributed by atoms with E-state index in [2.05, 4.69) is 15.4 Å². The lowest BCUT2D eigenvalue weighted by molar-refractivity contribution is 0.0561. The molecule has 174 valence electrons. The molecule has 0 saturated heterocycles. The molecule has 13 heteroatoms. The average Bonchev–Trinajstić information content (AvgIpc) is 3.16. The molecule has 0 bridgehead atoms. The molecule has 0 radical (unpaired) electrons. The van der Waals surface area contributed by atoms with Gasteiger partial charge in [-0.15, -0.1) is 0 Å². The highest BCUT2D eigenvalue weighted by Gasteiger charge is 2.33. The predicted molar refractivity (Wildman–Crippen MR) is 115 cm³/mol. The summed E-state index contributed by atoms with van der Waals surface area (Å²) in [5.74, 6) is -1.65. The summed E-state index contributed by atoms with van der Waals surface area (Å²) in [7, 11) is -4.25. The van der Waals surface area contributed by atoms with E-state index in [0.29, 0.717) is 18.5 Å². The number of pyridine rings is 1. The van der Waals surface area contributed by atoms with Gasteiger partial charge in [0.1, 0.15) is 10.7 Å². The molecule has 1 aliphatic rings. The van der Waals surface area contributed by atoms with Crippen LogP contribution in [0.15, 0.2) is 41.6 Å². The molecule has 0 saturated carbocycles. The van der Waals surface area contributed by atoms with Crippen LogP contribution in [0.4, 0.5) is 24.5 Å². The standard InChI is InChI=1S/C20H17ClF3N5O3S/c1-11-17(10-28(27-11)20(23)24)33(31,32)29-7-3-6-15-16(29)8-12(9-25-15)26-19(30)18-13(21)4-2-5-14(18)22/h2,4-5,8-10,20H,3,6-7H2,1H3,(H,26,30). The second-order valence-corrected chi connectivity index (χ2v) is 9.50. The van der Waals surface area contributed by atoms with Crippen LogP contribution in [0.5, 0.6) is 0 Å². The fourth-order valence-corrected chi connectivity index (χ4v) is 5.49. The summed E-state index contributed by atoms with van der Waals surface area (Å²) in [5, 5.41) is 5.95. The van der Waals surface area contributed by atoms with Crippen molar-refractivity contribution in [3.63, 3.8) is 0 Å². The van der Waals surface area contributed by atoms with Gasteiger partial charge in [-0.2, -0.15) is 13.9 Å². The van der Waals surface area contributed by atoms with Crippen molar-refractivity contribution < 1.29 is 26.4 Å². The normalized spacial score (nSPS) is 13.8. The van der Waals surface area contributed by atoms with Crippen LogP contribution in [-0.4, -0.2) is 35.6 Å². The van der Waals surface area contributed by atoms with E-state index in [4.69, 9.17) is 11.6 Å². The number of alkyl halides is 2. The van der Waals surface area contributed by atoms with Gasteiger partial charge in [0.15, 0.2) is 0 Å². The fraction of sp³-hybridized carbons (Fsp3) is 0.250. The summed E-state index contributed by atoms with van der Waals surface area (Å²) in [6, 6.07) is 5.19. The number of benzene rings is 1. The number of nitrogens with one attached hydrogen (secondary N) is 1. The van der Waals surface area contributed by atoms with Crippen molar-refractivity contribution in [2.75, 3.05) is 16.2 Å². The molecule has 1 amide bonds. The van der Waals surface area contributed by atoms with Crippen LogP contribution in [0.3, 0.4) is 0 Å². The van der Waals surface area contributed by atoms with Gasteiger partial charge in [0.2, 0.25) is 0 Å². The topological polar surface area (TPSA) is 97.2 Å². The van der Waals surface area contributed by atoms with E-state index in [1.165, 1.54) is 31.3 Å². The summed E-state index contributed by atoms with van der Waals surface area (Å²) in [6.07, 6.45) is 3.03. The van der Waals surface area contributed by atoms with Crippen molar-refractivity contribution in [1.29, 1.82) is 0 Å². The van der Waals surface area contributed by atoms with Gasteiger partial charge in [-0.1, -0.05) is 17.7 Å². The third-order valence-electron chi connectivity index (χ3n) is 5.08. The zero-order chi connectivity index (χ0) is 23.9. The van der Waals surface area contributed by atoms with E-state index in [1.54, 1.807) is 0 Å². The van der Waals surface area contributed by atoms with Gasteiger partial charge in [0.25, 0.3) is 15.9 Å². The van der Waals surface area contributed by atoms with Gasteiger partial charge in [-0.25, -0.2) is 17.5 Å². The minimum Gasteiger partial charge on any atom is -0.320 e. The lowest BCUT2D eigenvalue weighted by Gasteiger charge is -2.30. The lowest BCUT2D eigenvalue weighted by atomic mass is 10.1. The van der Waals surface area contributed by atoms with Gasteiger partial charge in [0, 0.05) is 6.54 Å². The van der Waals surface area contributed by atoms with Crippen molar-refractivity contribution in [2.24, 2.45) is 0 Å². The third kappa shape index (κ3) is 4.27. The predicted octanol–water partition coefficient (Wildman–Crippen LogP) is 4.17. The molecule has 0 spiro atoms. The zero-order valence-electron chi connectivity index (χ0n) is 17.1. The monoisotopic (exact) mass is 499 g/mol. The molecule has 3 heterocycles. The van der Waals surface area contributed by atoms with E-state index in [1.807, 2.05) is 0 Å². The molecule has 33 heavy (non-hydrogen) atoms. The molecule has 0 unspecified atom stereocenters. The molecule has 3 aromatic rings. The zero-order valence-corrected chi connectivity index (χ0v) is 18.7. The summed E-state index contributed by atoms with van der Waals surface area (Å²) < 4.78 is 68.0. The van der Waals surface area contributed by atoms with E-state index >= 15 is 0 Å². The molecule has 0 fully saturated rings. The molecule has 0 atom stereocenters. The van der Waals surface area contributed by atoms with Gasteiger partial charge in [-0.3, -0.25) is 14.1 Å². The molecule has 4 rings (SSSR count). The molecule has 0 aliphatic carbocycles. The first-order valence-corrected chi connectivity index (χ1v) is 11.5. The maximum atomic E-state index is 14.1. The minimum absolute atomic E-state index is 0.0750. The van der Waals surface area contributed by atoms with Crippen molar-refractivity contribution in [3.8, 4) is 0 Å². The maximum Gasteiger partial charge on any atom is 0.333 e. The molecule has 1 aromatic carbocycles. The number of nitrogens with zero attached hydrogens (tertiary/aromatic N) is 4. The number of carbonyl (C=O) groups is 1. The Morgan fingerprint density at radius 3 is 2.73 bits per heavy atom. The van der Waals surface area contributed by atoms with Crippen LogP contribution in [0.2, 0.25) is 5.02 Å². The van der Waals surface area contributed by atoms with Crippen molar-refractivity contribution in [3.05, 3.63) is 64.5 Å². The largest absolute Gasteiger partial charge is 0.333 e. The molecule has 2 aromatic heterocycles. The van der Waals surface area contributed by atoms with Gasteiger partial charge in [-0.05, 0) is 38.0 Å². The first-order chi connectivity index (χ1) is 15.6. The highest BCUT2D eigenvalue weighted by Crippen LogP contribution is 2.34. The Labute approximate surface area is 192 Å². The Morgan fingerprint density at radius 1 is 1.30 bits per heavy atom. The van der Waals surface area contributed by atoms with Crippen molar-refractivity contribution >= 4 is 38.9 Å². The Hall–Kier alpha value is -3.12. The Kier molecular flexibility index (Phi) is 6.06. The number of fused-ring (bicyclic) bond motifs is 1. The number of anilines is 2. The first-order valence-electron chi connectivity index (χ1n) is 9.70. The van der Waals surface area contributed by atoms with E-state index in [0.717, 1.165) is 16.6 Å². The summed E-state index contributed by atoms with van der Waals surface area (Å²) >= 11 is 5.93. The van der Waals surface area contributed by atoms with Crippen LogP contribution >= 0.6 is 11.6 Å². The SMILES string of the molecule is Cc1nn(C(F)F)cc1S(=O)(=O)N1CCCc2ncc(NC(=O)c3c(F)cccc3Cl)cc21. The Balaban J connectivity index is 1.70. The Bertz CT molecular complexity index is 1330. The lowest BCUT2D eigenvalue weighted by Crippen LogP contribution is -2.36. The average molecular weight is 500 g/mol. The number of amides is 1. The summed E-state index contributed by atoms with van der Waals surface area (Å²) in [5.41, 5.74) is 0.305. The van der Waals surface area contributed by atoms with Crippen molar-refractivity contribution in [1.82, 2.24) is 14.8 Å². The van der Waals surface area contributed by atoms with Gasteiger partial charge < -0.3 is 5.32 Å². The number of rotatable bonds is 5. The second kappa shape index (κ2) is 8.67. The van der Waals surface area contributed by atoms with Crippen LogP contribution in [0, 0.1) is 12.7 Å². The highest BCUT2D eigenvalue weighted by molar-refractivity contribution is 7.92. The van der Waals surface area contributed by atoms with Gasteiger partial charge in [0.05, 0.1) is 45.7 Å². The molecule has 8 nitrogen and oxygen atoms in total. The molecule has 1 aliphatic heterocycles. The molecular formula is C20H17ClF3N5O3S. The van der Waals surface area contributed by atoms with Crippen LogP contribution < -0.4 is 9.62 Å². The number of aromatic nitrogens is 3. The number of halogens is 4. The van der Waals surface area contributed by atoms with E-state index in [-0.39, 0.29) is 43.8 Å². The number of aryl methyl sites for hydroxylation is 2. The maximum absolute atomic E-state index is 14.1. The molecule has 1 N–H and O–H groups in total. The van der Waals surface area contributed by atoms with E-state index in [9.17, 15) is 26.4 Å². The third-order valence-corrected chi connectivity index (χ3v) is 7.31. The number of hydrogen-bond acceptors (Lipinski definition) is 5. The highest BCUT2D eigenvalue weighted by atomic mass is 35.5. The number of hydrogen-bond donors (Lipinski definition) is 1. The fourth-order valence-electron chi connectivity index (χ4n) is 3.56.